The van der Waals surface area contributed by atoms with Gasteiger partial charge in [0.2, 0.25) is 0 Å². The average Bonchev–Trinajstić information content (AvgIpc) is 3.07. The van der Waals surface area contributed by atoms with E-state index in [0.717, 1.165) is 11.0 Å². The van der Waals surface area contributed by atoms with Crippen molar-refractivity contribution in [3.05, 3.63) is 61.9 Å². The number of halogens is 1. The topological polar surface area (TPSA) is 63.8 Å². The van der Waals surface area contributed by atoms with Crippen LogP contribution in [0.25, 0.3) is 22.1 Å². The Balaban J connectivity index is 2.01. The van der Waals surface area contributed by atoms with Gasteiger partial charge >= 0.3 is 0 Å². The SMILES string of the molecule is COc1cc(Cl)cc(C=c2sc3nc4ccccc4n3c2=O)c1O. The van der Waals surface area contributed by atoms with Crippen molar-refractivity contribution in [3.63, 3.8) is 0 Å². The number of nitrogens with zero attached hydrogens (tertiary/aromatic N) is 2. The van der Waals surface area contributed by atoms with E-state index in [2.05, 4.69) is 4.98 Å². The van der Waals surface area contributed by atoms with Crippen molar-refractivity contribution >= 4 is 45.0 Å². The second-order valence-electron chi connectivity index (χ2n) is 5.18. The zero-order valence-electron chi connectivity index (χ0n) is 12.5. The van der Waals surface area contributed by atoms with Crippen molar-refractivity contribution < 1.29 is 9.84 Å². The van der Waals surface area contributed by atoms with Crippen LogP contribution in [0.5, 0.6) is 11.5 Å². The normalized spacial score (nSPS) is 12.3. The molecule has 0 bridgehead atoms. The van der Waals surface area contributed by atoms with Crippen LogP contribution in [0.4, 0.5) is 0 Å². The first-order valence-electron chi connectivity index (χ1n) is 7.06. The van der Waals surface area contributed by atoms with Crippen LogP contribution in [0.2, 0.25) is 5.02 Å². The van der Waals surface area contributed by atoms with Crippen LogP contribution in [-0.4, -0.2) is 21.6 Å². The van der Waals surface area contributed by atoms with Gasteiger partial charge in [-0.3, -0.25) is 4.79 Å². The third kappa shape index (κ3) is 2.23. The van der Waals surface area contributed by atoms with Crippen LogP contribution in [0.3, 0.4) is 0 Å². The Morgan fingerprint density at radius 2 is 2.12 bits per heavy atom. The molecule has 5 nitrogen and oxygen atoms in total. The minimum atomic E-state index is -0.179. The maximum atomic E-state index is 12.7. The monoisotopic (exact) mass is 358 g/mol. The molecule has 0 fully saturated rings. The molecule has 0 saturated heterocycles. The fourth-order valence-electron chi connectivity index (χ4n) is 2.61. The molecule has 0 atom stereocenters. The van der Waals surface area contributed by atoms with Crippen molar-refractivity contribution in [3.8, 4) is 11.5 Å². The van der Waals surface area contributed by atoms with E-state index in [9.17, 15) is 9.90 Å². The molecule has 0 spiro atoms. The molecule has 4 aromatic rings. The second kappa shape index (κ2) is 5.51. The van der Waals surface area contributed by atoms with Crippen LogP contribution in [0, 0.1) is 0 Å². The fraction of sp³-hybridized carbons (Fsp3) is 0.0588. The third-order valence-electron chi connectivity index (χ3n) is 3.72. The predicted molar refractivity (Wildman–Crippen MR) is 95.3 cm³/mol. The number of imidazole rings is 1. The predicted octanol–water partition coefficient (Wildman–Crippen LogP) is 2.82. The molecule has 7 heteroatoms. The molecule has 0 saturated carbocycles. The Morgan fingerprint density at radius 1 is 1.33 bits per heavy atom. The number of aromatic hydroxyl groups is 1. The summed E-state index contributed by atoms with van der Waals surface area (Å²) < 4.78 is 7.12. The lowest BCUT2D eigenvalue weighted by Gasteiger charge is -2.06. The van der Waals surface area contributed by atoms with Crippen LogP contribution >= 0.6 is 22.9 Å². The highest BCUT2D eigenvalue weighted by Gasteiger charge is 2.12. The van der Waals surface area contributed by atoms with Gasteiger partial charge in [-0.05, 0) is 24.3 Å². The number of para-hydroxylation sites is 2. The number of hydrogen-bond donors (Lipinski definition) is 1. The summed E-state index contributed by atoms with van der Waals surface area (Å²) in [6.07, 6.45) is 1.60. The molecule has 0 radical (unpaired) electrons. The highest BCUT2D eigenvalue weighted by atomic mass is 35.5. The second-order valence-corrected chi connectivity index (χ2v) is 6.63. The molecule has 2 heterocycles. The number of aromatic nitrogens is 2. The van der Waals surface area contributed by atoms with Crippen LogP contribution in [0.1, 0.15) is 5.56 Å². The van der Waals surface area contributed by atoms with E-state index in [1.807, 2.05) is 24.3 Å². The van der Waals surface area contributed by atoms with Crippen molar-refractivity contribution in [1.82, 2.24) is 9.38 Å². The summed E-state index contributed by atoms with van der Waals surface area (Å²) in [4.78, 5) is 17.8. The average molecular weight is 359 g/mol. The van der Waals surface area contributed by atoms with Crippen LogP contribution in [-0.2, 0) is 0 Å². The Bertz CT molecular complexity index is 1200. The first-order valence-corrected chi connectivity index (χ1v) is 8.26. The van der Waals surface area contributed by atoms with Gasteiger partial charge in [-0.1, -0.05) is 35.1 Å². The van der Waals surface area contributed by atoms with Gasteiger partial charge in [0.15, 0.2) is 16.5 Å². The van der Waals surface area contributed by atoms with Crippen molar-refractivity contribution in [1.29, 1.82) is 0 Å². The maximum Gasteiger partial charge on any atom is 0.274 e. The van der Waals surface area contributed by atoms with E-state index < -0.39 is 0 Å². The zero-order chi connectivity index (χ0) is 16.8. The number of ether oxygens (including phenoxy) is 1. The van der Waals surface area contributed by atoms with Gasteiger partial charge in [0, 0.05) is 16.7 Å². The quantitative estimate of drug-likeness (QED) is 0.598. The molecule has 1 N–H and O–H groups in total. The number of methoxy groups -OCH3 is 1. The van der Waals surface area contributed by atoms with E-state index in [4.69, 9.17) is 16.3 Å². The molecule has 24 heavy (non-hydrogen) atoms. The molecule has 0 aliphatic carbocycles. The molecule has 120 valence electrons. The Hall–Kier alpha value is -2.57. The molecule has 0 aliphatic rings. The minimum Gasteiger partial charge on any atom is -0.504 e. The van der Waals surface area contributed by atoms with Gasteiger partial charge < -0.3 is 9.84 Å². The maximum absolute atomic E-state index is 12.7. The van der Waals surface area contributed by atoms with Crippen LogP contribution < -0.4 is 14.8 Å². The lowest BCUT2D eigenvalue weighted by molar-refractivity contribution is 0.373. The summed E-state index contributed by atoms with van der Waals surface area (Å²) in [5, 5.41) is 10.6. The largest absolute Gasteiger partial charge is 0.504 e. The lowest BCUT2D eigenvalue weighted by atomic mass is 10.2. The van der Waals surface area contributed by atoms with Gasteiger partial charge in [0.05, 0.1) is 22.7 Å². The van der Waals surface area contributed by atoms with E-state index in [1.54, 1.807) is 16.5 Å². The van der Waals surface area contributed by atoms with Crippen molar-refractivity contribution in [2.24, 2.45) is 0 Å². The van der Waals surface area contributed by atoms with E-state index in [1.165, 1.54) is 24.5 Å². The first kappa shape index (κ1) is 15.0. The summed E-state index contributed by atoms with van der Waals surface area (Å²) in [7, 11) is 1.44. The fourth-order valence-corrected chi connectivity index (χ4v) is 3.81. The zero-order valence-corrected chi connectivity index (χ0v) is 14.1. The number of phenolic OH excluding ortho intramolecular Hbond substituents is 1. The molecule has 0 aliphatic heterocycles. The van der Waals surface area contributed by atoms with Crippen molar-refractivity contribution in [2.75, 3.05) is 7.11 Å². The number of hydrogen-bond acceptors (Lipinski definition) is 5. The Kier molecular flexibility index (Phi) is 3.44. The molecule has 2 aromatic heterocycles. The van der Waals surface area contributed by atoms with Gasteiger partial charge in [0.25, 0.3) is 5.56 Å². The first-order chi connectivity index (χ1) is 11.6. The number of thiazole rings is 1. The summed E-state index contributed by atoms with van der Waals surface area (Å²) in [6, 6.07) is 10.6. The number of phenols is 1. The van der Waals surface area contributed by atoms with Gasteiger partial charge in [-0.25, -0.2) is 9.38 Å². The van der Waals surface area contributed by atoms with Gasteiger partial charge in [-0.2, -0.15) is 0 Å². The summed E-state index contributed by atoms with van der Waals surface area (Å²) in [6.45, 7) is 0. The highest BCUT2D eigenvalue weighted by molar-refractivity contribution is 7.15. The third-order valence-corrected chi connectivity index (χ3v) is 4.91. The molecule has 0 unspecified atom stereocenters. The summed E-state index contributed by atoms with van der Waals surface area (Å²) in [5.74, 6) is 0.199. The van der Waals surface area contributed by atoms with E-state index >= 15 is 0 Å². The molecule has 2 aromatic carbocycles. The van der Waals surface area contributed by atoms with Gasteiger partial charge in [-0.15, -0.1) is 0 Å². The number of fused-ring (bicyclic) bond motifs is 3. The number of rotatable bonds is 2. The van der Waals surface area contributed by atoms with E-state index in [0.29, 0.717) is 20.1 Å². The number of benzene rings is 2. The highest BCUT2D eigenvalue weighted by Crippen LogP contribution is 2.33. The Labute approximate surface area is 145 Å². The molecule has 0 amide bonds. The van der Waals surface area contributed by atoms with Crippen molar-refractivity contribution in [2.45, 2.75) is 0 Å². The van der Waals surface area contributed by atoms with Gasteiger partial charge in [0.1, 0.15) is 0 Å². The smallest absolute Gasteiger partial charge is 0.274 e. The Morgan fingerprint density at radius 3 is 2.92 bits per heavy atom. The lowest BCUT2D eigenvalue weighted by Crippen LogP contribution is -2.22. The molecular formula is C17H11ClN2O3S. The minimum absolute atomic E-state index is 0.0581. The molecule has 4 rings (SSSR count). The molecular weight excluding hydrogens is 348 g/mol. The standard InChI is InChI=1S/C17H11ClN2O3S/c1-23-13-8-10(18)6-9(15(13)21)7-14-16(22)20-12-5-3-2-4-11(12)19-17(20)24-14/h2-8,21H,1H3. The summed E-state index contributed by atoms with van der Waals surface area (Å²) >= 11 is 7.30. The summed E-state index contributed by atoms with van der Waals surface area (Å²) in [5.41, 5.74) is 1.79. The van der Waals surface area contributed by atoms with E-state index in [-0.39, 0.29) is 17.1 Å². The van der Waals surface area contributed by atoms with Crippen LogP contribution in [0.15, 0.2) is 41.2 Å².